The number of nitrogens with zero attached hydrogens (tertiary/aromatic N) is 2. The van der Waals surface area contributed by atoms with E-state index in [1.54, 1.807) is 33.2 Å². The Labute approximate surface area is 176 Å². The molecule has 158 valence electrons. The number of fused-ring (bicyclic) bond motifs is 1. The minimum absolute atomic E-state index is 0.263. The quantitative estimate of drug-likeness (QED) is 0.273. The lowest BCUT2D eigenvalue weighted by molar-refractivity contribution is -0.111. The third-order valence-corrected chi connectivity index (χ3v) is 4.37. The molecule has 0 aliphatic heterocycles. The highest BCUT2D eigenvalue weighted by atomic mass is 16.1. The van der Waals surface area contributed by atoms with Gasteiger partial charge in [0.1, 0.15) is 5.82 Å². The van der Waals surface area contributed by atoms with Gasteiger partial charge in [0.25, 0.3) is 0 Å². The summed E-state index contributed by atoms with van der Waals surface area (Å²) in [5.41, 5.74) is 23.4. The lowest BCUT2D eigenvalue weighted by atomic mass is 10.1. The fraction of sp³-hybridized carbons (Fsp3) is 0.182. The number of aromatic nitrogens is 1. The van der Waals surface area contributed by atoms with Gasteiger partial charge >= 0.3 is 0 Å². The molecule has 0 unspecified atom stereocenters. The van der Waals surface area contributed by atoms with Gasteiger partial charge in [0.05, 0.1) is 16.9 Å². The Bertz CT molecular complexity index is 1090. The first-order valence-electron chi connectivity index (χ1n) is 9.32. The van der Waals surface area contributed by atoms with Crippen LogP contribution in [0.4, 0.5) is 5.69 Å². The number of nitrogens with two attached hydrogens (primary N) is 3. The van der Waals surface area contributed by atoms with Gasteiger partial charge in [-0.05, 0) is 50.6 Å². The molecule has 2 aromatic rings. The number of carbonyl (C=O) groups excluding carboxylic acids is 1. The maximum atomic E-state index is 11.6. The van der Waals surface area contributed by atoms with Crippen molar-refractivity contribution < 1.29 is 4.79 Å². The summed E-state index contributed by atoms with van der Waals surface area (Å²) in [6.07, 6.45) is 6.55. The monoisotopic (exact) mass is 407 g/mol. The van der Waals surface area contributed by atoms with E-state index in [0.717, 1.165) is 16.5 Å². The molecule has 1 heterocycles. The predicted molar refractivity (Wildman–Crippen MR) is 125 cm³/mol. The number of benzene rings is 1. The van der Waals surface area contributed by atoms with Gasteiger partial charge in [-0.2, -0.15) is 0 Å². The molecule has 8 N–H and O–H groups in total. The van der Waals surface area contributed by atoms with Crippen LogP contribution in [0.2, 0.25) is 0 Å². The zero-order valence-corrected chi connectivity index (χ0v) is 17.8. The van der Waals surface area contributed by atoms with Crippen LogP contribution < -0.4 is 27.8 Å². The van der Waals surface area contributed by atoms with E-state index in [0.29, 0.717) is 34.3 Å². The molecule has 1 amide bonds. The topological polar surface area (TPSA) is 136 Å². The summed E-state index contributed by atoms with van der Waals surface area (Å²) >= 11 is 0. The third-order valence-electron chi connectivity index (χ3n) is 4.37. The minimum atomic E-state index is -0.263. The summed E-state index contributed by atoms with van der Waals surface area (Å²) in [4.78, 5) is 15.6. The Kier molecular flexibility index (Phi) is 7.08. The average molecular weight is 408 g/mol. The number of carbonyl (C=O) groups is 1. The molecular weight excluding hydrogens is 378 g/mol. The van der Waals surface area contributed by atoms with Gasteiger partial charge in [-0.15, -0.1) is 0 Å². The van der Waals surface area contributed by atoms with Crippen molar-refractivity contribution in [3.05, 3.63) is 71.6 Å². The van der Waals surface area contributed by atoms with Crippen molar-refractivity contribution in [1.82, 2.24) is 9.88 Å². The van der Waals surface area contributed by atoms with Gasteiger partial charge in [-0.25, -0.2) is 0 Å². The van der Waals surface area contributed by atoms with Gasteiger partial charge in [0.15, 0.2) is 0 Å². The molecule has 0 bridgehead atoms. The first-order valence-corrected chi connectivity index (χ1v) is 9.32. The maximum absolute atomic E-state index is 11.6. The van der Waals surface area contributed by atoms with E-state index in [9.17, 15) is 4.79 Å². The number of rotatable bonds is 7. The van der Waals surface area contributed by atoms with Crippen molar-refractivity contribution in [2.24, 2.45) is 22.2 Å². The number of anilines is 1. The van der Waals surface area contributed by atoms with E-state index in [2.05, 4.69) is 22.2 Å². The molecule has 0 aliphatic carbocycles. The highest BCUT2D eigenvalue weighted by molar-refractivity contribution is 6.01. The number of amides is 1. The third kappa shape index (κ3) is 5.11. The number of allylic oxidation sites excluding steroid dienone is 5. The Morgan fingerprint density at radius 1 is 1.20 bits per heavy atom. The zero-order valence-electron chi connectivity index (χ0n) is 17.8. The number of aliphatic imine (C=N–C) groups is 1. The highest BCUT2D eigenvalue weighted by Gasteiger charge is 2.12. The normalized spacial score (nSPS) is 13.8. The Morgan fingerprint density at radius 2 is 1.90 bits per heavy atom. The van der Waals surface area contributed by atoms with Crippen LogP contribution in [0.5, 0.6) is 0 Å². The molecule has 8 nitrogen and oxygen atoms in total. The average Bonchev–Trinajstić information content (AvgIpc) is 3.01. The van der Waals surface area contributed by atoms with Gasteiger partial charge in [-0.3, -0.25) is 9.79 Å². The smallest absolute Gasteiger partial charge is 0.247 e. The summed E-state index contributed by atoms with van der Waals surface area (Å²) < 4.78 is 1.96. The van der Waals surface area contributed by atoms with Crippen molar-refractivity contribution in [2.45, 2.75) is 20.8 Å². The van der Waals surface area contributed by atoms with Crippen LogP contribution in [0.15, 0.2) is 71.0 Å². The van der Waals surface area contributed by atoms with Crippen molar-refractivity contribution in [1.29, 1.82) is 0 Å². The Balaban J connectivity index is 2.51. The second-order valence-corrected chi connectivity index (χ2v) is 6.88. The van der Waals surface area contributed by atoms with Crippen molar-refractivity contribution in [3.63, 3.8) is 0 Å². The number of hydrogen-bond acceptors (Lipinski definition) is 6. The molecular formula is C22H29N7O. The lowest BCUT2D eigenvalue weighted by Crippen LogP contribution is -2.23. The molecule has 0 atom stereocenters. The van der Waals surface area contributed by atoms with Gasteiger partial charge in [-0.1, -0.05) is 6.58 Å². The highest BCUT2D eigenvalue weighted by Crippen LogP contribution is 2.28. The van der Waals surface area contributed by atoms with E-state index in [1.165, 1.54) is 6.08 Å². The summed E-state index contributed by atoms with van der Waals surface area (Å²) in [5, 5.41) is 6.80. The molecule has 0 fully saturated rings. The molecule has 2 rings (SSSR count). The van der Waals surface area contributed by atoms with Gasteiger partial charge < -0.3 is 32.4 Å². The van der Waals surface area contributed by atoms with Crippen LogP contribution in [0.1, 0.15) is 19.4 Å². The van der Waals surface area contributed by atoms with E-state index >= 15 is 0 Å². The van der Waals surface area contributed by atoms with Crippen LogP contribution in [0.25, 0.3) is 16.6 Å². The van der Waals surface area contributed by atoms with Crippen LogP contribution in [-0.2, 0) is 4.79 Å². The summed E-state index contributed by atoms with van der Waals surface area (Å²) in [5.74, 6) is 0.102. The van der Waals surface area contributed by atoms with E-state index < -0.39 is 0 Å². The van der Waals surface area contributed by atoms with Gasteiger partial charge in [0.2, 0.25) is 5.91 Å². The van der Waals surface area contributed by atoms with Crippen LogP contribution in [0, 0.1) is 6.92 Å². The van der Waals surface area contributed by atoms with Crippen molar-refractivity contribution in [2.75, 3.05) is 12.4 Å². The fourth-order valence-corrected chi connectivity index (χ4v) is 2.94. The SMILES string of the molecule is C=CC(=O)Nc1ccc2c(c1)c(C)cn2C(/C=C(\N)N/C(C=NC)=C(\C)N)=C(\C)N. The first-order chi connectivity index (χ1) is 14.2. The predicted octanol–water partition coefficient (Wildman–Crippen LogP) is 2.50. The second kappa shape index (κ2) is 9.51. The Morgan fingerprint density at radius 3 is 2.47 bits per heavy atom. The van der Waals surface area contributed by atoms with Crippen LogP contribution in [0.3, 0.4) is 0 Å². The molecule has 8 heteroatoms. The van der Waals surface area contributed by atoms with Crippen molar-refractivity contribution in [3.8, 4) is 0 Å². The molecule has 1 aromatic heterocycles. The molecule has 30 heavy (non-hydrogen) atoms. The van der Waals surface area contributed by atoms with Crippen LogP contribution >= 0.6 is 0 Å². The first kappa shape index (κ1) is 22.4. The van der Waals surface area contributed by atoms with Gasteiger partial charge in [0, 0.05) is 48.0 Å². The molecule has 0 aliphatic rings. The van der Waals surface area contributed by atoms with E-state index in [-0.39, 0.29) is 5.91 Å². The Hall–Kier alpha value is -3.94. The van der Waals surface area contributed by atoms with Crippen LogP contribution in [-0.4, -0.2) is 23.7 Å². The van der Waals surface area contributed by atoms with E-state index in [4.69, 9.17) is 17.2 Å². The summed E-state index contributed by atoms with van der Waals surface area (Å²) in [6.45, 7) is 9.02. The van der Waals surface area contributed by atoms with E-state index in [1.807, 2.05) is 35.9 Å². The summed E-state index contributed by atoms with van der Waals surface area (Å²) in [7, 11) is 1.65. The minimum Gasteiger partial charge on any atom is -0.401 e. The zero-order chi connectivity index (χ0) is 22.4. The summed E-state index contributed by atoms with van der Waals surface area (Å²) in [6, 6.07) is 5.65. The molecule has 0 radical (unpaired) electrons. The maximum Gasteiger partial charge on any atom is 0.247 e. The molecule has 1 aromatic carbocycles. The van der Waals surface area contributed by atoms with Crippen molar-refractivity contribution >= 4 is 34.4 Å². The molecule has 0 saturated heterocycles. The largest absolute Gasteiger partial charge is 0.401 e. The number of nitrogens with one attached hydrogen (secondary N) is 2. The fourth-order valence-electron chi connectivity index (χ4n) is 2.94. The molecule has 0 saturated carbocycles. The number of aryl methyl sites for hydroxylation is 1. The standard InChI is InChI=1S/C22H29N7O/c1-6-22(30)27-16-7-8-19-17(9-16)13(2)12-29(19)20(15(4)24)10-21(25)28-18(11-26-5)14(3)23/h6-12,28H,1,23-25H2,2-5H3,(H,27,30)/b18-14+,20-15+,21-10+,26-11?. The lowest BCUT2D eigenvalue weighted by Gasteiger charge is -2.13. The number of hydrogen-bond donors (Lipinski definition) is 5. The second-order valence-electron chi connectivity index (χ2n) is 6.88. The molecule has 0 spiro atoms.